The summed E-state index contributed by atoms with van der Waals surface area (Å²) in [7, 11) is 0. The molecule has 16 heavy (non-hydrogen) atoms. The molecule has 1 rings (SSSR count). The van der Waals surface area contributed by atoms with E-state index in [1.165, 1.54) is 6.42 Å². The third-order valence-corrected chi connectivity index (χ3v) is 4.60. The van der Waals surface area contributed by atoms with Crippen molar-refractivity contribution in [2.45, 2.75) is 56.6 Å². The van der Waals surface area contributed by atoms with Gasteiger partial charge in [0.15, 0.2) is 0 Å². The van der Waals surface area contributed by atoms with Gasteiger partial charge in [0.25, 0.3) is 0 Å². The number of allylic oxidation sites excluding steroid dienone is 2. The summed E-state index contributed by atoms with van der Waals surface area (Å²) in [5, 5.41) is 0. The largest absolute Gasteiger partial charge is 0.370 e. The molecule has 1 aliphatic rings. The normalized spacial score (nSPS) is 37.5. The summed E-state index contributed by atoms with van der Waals surface area (Å²) in [4.78, 5) is 0.401. The second kappa shape index (κ2) is 6.02. The lowest BCUT2D eigenvalue weighted by atomic mass is 9.84. The van der Waals surface area contributed by atoms with Crippen molar-refractivity contribution >= 4 is 15.9 Å². The van der Waals surface area contributed by atoms with Crippen LogP contribution in [0.2, 0.25) is 0 Å². The molecule has 2 heteroatoms. The van der Waals surface area contributed by atoms with Gasteiger partial charge in [-0.1, -0.05) is 47.7 Å². The number of alkyl halides is 1. The third-order valence-electron chi connectivity index (χ3n) is 3.63. The Morgan fingerprint density at radius 2 is 2.31 bits per heavy atom. The highest BCUT2D eigenvalue weighted by Gasteiger charge is 2.39. The Morgan fingerprint density at radius 3 is 2.88 bits per heavy atom. The highest BCUT2D eigenvalue weighted by atomic mass is 79.9. The van der Waals surface area contributed by atoms with E-state index in [9.17, 15) is 0 Å². The summed E-state index contributed by atoms with van der Waals surface area (Å²) in [6.07, 6.45) is 9.69. The molecule has 92 valence electrons. The zero-order valence-electron chi connectivity index (χ0n) is 10.6. The fourth-order valence-corrected chi connectivity index (χ4v) is 2.44. The Morgan fingerprint density at radius 1 is 1.62 bits per heavy atom. The molecule has 0 aromatic heterocycles. The first-order valence-corrected chi connectivity index (χ1v) is 7.00. The van der Waals surface area contributed by atoms with Crippen LogP contribution in [0.3, 0.4) is 0 Å². The highest BCUT2D eigenvalue weighted by Crippen LogP contribution is 2.38. The van der Waals surface area contributed by atoms with E-state index >= 15 is 0 Å². The summed E-state index contributed by atoms with van der Waals surface area (Å²) in [6.45, 7) is 10.4. The minimum atomic E-state index is -0.0147. The average Bonchev–Trinajstić information content (AvgIpc) is 2.23. The van der Waals surface area contributed by atoms with Crippen molar-refractivity contribution in [3.63, 3.8) is 0 Å². The Balaban J connectivity index is 2.61. The van der Waals surface area contributed by atoms with E-state index in [2.05, 4.69) is 49.4 Å². The Hall–Kier alpha value is -0.0800. The van der Waals surface area contributed by atoms with Crippen molar-refractivity contribution in [3.05, 3.63) is 24.8 Å². The molecule has 1 nitrogen and oxygen atoms in total. The Labute approximate surface area is 108 Å². The van der Waals surface area contributed by atoms with Crippen LogP contribution < -0.4 is 0 Å². The van der Waals surface area contributed by atoms with Gasteiger partial charge in [0.2, 0.25) is 0 Å². The molecular formula is C14H23BrO. The topological polar surface area (TPSA) is 9.23 Å². The van der Waals surface area contributed by atoms with Gasteiger partial charge in [-0.2, -0.15) is 0 Å². The van der Waals surface area contributed by atoms with Crippen molar-refractivity contribution in [1.29, 1.82) is 0 Å². The van der Waals surface area contributed by atoms with Crippen LogP contribution in [0.1, 0.15) is 40.0 Å². The quantitative estimate of drug-likeness (QED) is 0.547. The number of rotatable bonds is 4. The van der Waals surface area contributed by atoms with Crippen molar-refractivity contribution in [1.82, 2.24) is 0 Å². The third kappa shape index (κ3) is 3.46. The molecule has 0 N–H and O–H groups in total. The lowest BCUT2D eigenvalue weighted by Gasteiger charge is -2.43. The van der Waals surface area contributed by atoms with Gasteiger partial charge in [0.05, 0.1) is 11.7 Å². The molecule has 1 heterocycles. The molecule has 0 radical (unpaired) electrons. The smallest absolute Gasteiger partial charge is 0.0780 e. The first-order chi connectivity index (χ1) is 7.49. The molecule has 3 unspecified atom stereocenters. The van der Waals surface area contributed by atoms with Gasteiger partial charge >= 0.3 is 0 Å². The first kappa shape index (κ1) is 14.0. The number of ether oxygens (including phenoxy) is 1. The summed E-state index contributed by atoms with van der Waals surface area (Å²) in [6, 6.07) is 0. The molecular weight excluding hydrogens is 264 g/mol. The van der Waals surface area contributed by atoms with E-state index in [4.69, 9.17) is 4.74 Å². The fourth-order valence-electron chi connectivity index (χ4n) is 2.10. The van der Waals surface area contributed by atoms with E-state index in [1.807, 2.05) is 12.2 Å². The fraction of sp³-hybridized carbons (Fsp3) is 0.714. The van der Waals surface area contributed by atoms with Crippen LogP contribution >= 0.6 is 15.9 Å². The molecule has 0 spiro atoms. The van der Waals surface area contributed by atoms with Crippen LogP contribution in [0.4, 0.5) is 0 Å². The van der Waals surface area contributed by atoms with Crippen LogP contribution in [0, 0.1) is 5.92 Å². The molecule has 1 saturated heterocycles. The molecule has 0 aliphatic carbocycles. The van der Waals surface area contributed by atoms with Crippen molar-refractivity contribution in [3.8, 4) is 0 Å². The van der Waals surface area contributed by atoms with Gasteiger partial charge in [-0.3, -0.25) is 0 Å². The number of hydrogen-bond donors (Lipinski definition) is 0. The van der Waals surface area contributed by atoms with E-state index < -0.39 is 0 Å². The molecule has 0 amide bonds. The lowest BCUT2D eigenvalue weighted by molar-refractivity contribution is -0.136. The highest BCUT2D eigenvalue weighted by molar-refractivity contribution is 9.09. The molecule has 0 bridgehead atoms. The second-order valence-corrected chi connectivity index (χ2v) is 6.37. The van der Waals surface area contributed by atoms with Gasteiger partial charge < -0.3 is 4.74 Å². The van der Waals surface area contributed by atoms with Crippen molar-refractivity contribution < 1.29 is 4.74 Å². The molecule has 0 aromatic rings. The molecule has 1 fully saturated rings. The molecule has 4 atom stereocenters. The van der Waals surface area contributed by atoms with Crippen molar-refractivity contribution in [2.75, 3.05) is 0 Å². The lowest BCUT2D eigenvalue weighted by Crippen LogP contribution is -2.46. The maximum atomic E-state index is 6.26. The summed E-state index contributed by atoms with van der Waals surface area (Å²) < 4.78 is 6.26. The van der Waals surface area contributed by atoms with E-state index in [0.717, 1.165) is 12.8 Å². The minimum Gasteiger partial charge on any atom is -0.370 e. The summed E-state index contributed by atoms with van der Waals surface area (Å²) in [5.74, 6) is 0.647. The molecule has 1 aliphatic heterocycles. The standard InChI is InChI=1S/C14H23BrO/c1-5-6-7-8-13-11(2)9-10-14(4,16-13)12(3)15/h5-7,11-13H,1,8-10H2,2-4H3/b7-6+/t11?,12-,13?,14?/m1/s1. The van der Waals surface area contributed by atoms with Gasteiger partial charge in [0, 0.05) is 4.83 Å². The van der Waals surface area contributed by atoms with Gasteiger partial charge in [-0.15, -0.1) is 0 Å². The van der Waals surface area contributed by atoms with Crippen molar-refractivity contribution in [2.24, 2.45) is 5.92 Å². The van der Waals surface area contributed by atoms with E-state index in [-0.39, 0.29) is 5.60 Å². The SMILES string of the molecule is C=C/C=C/CC1OC(C)([C@@H](C)Br)CCC1C. The molecule has 0 saturated carbocycles. The zero-order chi connectivity index (χ0) is 12.2. The minimum absolute atomic E-state index is 0.0147. The van der Waals surface area contributed by atoms with Gasteiger partial charge in [-0.25, -0.2) is 0 Å². The van der Waals surface area contributed by atoms with E-state index in [1.54, 1.807) is 0 Å². The van der Waals surface area contributed by atoms with Gasteiger partial charge in [-0.05, 0) is 39.0 Å². The predicted molar refractivity (Wildman–Crippen MR) is 74.0 cm³/mol. The summed E-state index contributed by atoms with van der Waals surface area (Å²) >= 11 is 3.66. The Kier molecular flexibility index (Phi) is 5.26. The monoisotopic (exact) mass is 286 g/mol. The predicted octanol–water partition coefficient (Wildman–Crippen LogP) is 4.48. The van der Waals surface area contributed by atoms with Crippen LogP contribution in [0.15, 0.2) is 24.8 Å². The first-order valence-electron chi connectivity index (χ1n) is 6.09. The molecule has 0 aromatic carbocycles. The van der Waals surface area contributed by atoms with Crippen LogP contribution in [0.25, 0.3) is 0 Å². The number of halogens is 1. The zero-order valence-corrected chi connectivity index (χ0v) is 12.2. The number of hydrogen-bond acceptors (Lipinski definition) is 1. The average molecular weight is 287 g/mol. The maximum absolute atomic E-state index is 6.26. The van der Waals surface area contributed by atoms with Gasteiger partial charge in [0.1, 0.15) is 0 Å². The van der Waals surface area contributed by atoms with Crippen LogP contribution in [-0.2, 0) is 4.74 Å². The Bertz CT molecular complexity index is 259. The van der Waals surface area contributed by atoms with Crippen LogP contribution in [0.5, 0.6) is 0 Å². The van der Waals surface area contributed by atoms with E-state index in [0.29, 0.717) is 16.8 Å². The maximum Gasteiger partial charge on any atom is 0.0780 e. The van der Waals surface area contributed by atoms with Crippen LogP contribution in [-0.4, -0.2) is 16.5 Å². The summed E-state index contributed by atoms with van der Waals surface area (Å²) in [5.41, 5.74) is -0.0147. The second-order valence-electron chi connectivity index (χ2n) is 5.00.